The van der Waals surface area contributed by atoms with Crippen molar-refractivity contribution < 1.29 is 29.1 Å². The van der Waals surface area contributed by atoms with Gasteiger partial charge in [-0.05, 0) is 0 Å². The summed E-state index contributed by atoms with van der Waals surface area (Å²) in [6.07, 6.45) is -1.28. The van der Waals surface area contributed by atoms with E-state index in [0.717, 1.165) is 0 Å². The van der Waals surface area contributed by atoms with E-state index >= 15 is 0 Å². The Kier molecular flexibility index (Phi) is 4.04. The van der Waals surface area contributed by atoms with Crippen molar-refractivity contribution in [3.8, 4) is 0 Å². The summed E-state index contributed by atoms with van der Waals surface area (Å²) < 4.78 is 13.5. The highest BCUT2D eigenvalue weighted by atomic mass is 31.2. The van der Waals surface area contributed by atoms with Crippen LogP contribution in [-0.4, -0.2) is 34.4 Å². The SMILES string of the molecule is O=P([O-])(O)OC[C@H](O)CO. The standard InChI is InChI=1S/C3H9O6P/c4-1-3(5)2-9-10(6,7)8/h3-5H,1-2H2,(H2,6,7,8)/p-1/t3-/m1/s1. The van der Waals surface area contributed by atoms with Crippen LogP contribution in [0.3, 0.4) is 0 Å². The molecule has 62 valence electrons. The summed E-state index contributed by atoms with van der Waals surface area (Å²) in [6, 6.07) is 0. The lowest BCUT2D eigenvalue weighted by molar-refractivity contribution is -0.221. The van der Waals surface area contributed by atoms with Crippen molar-refractivity contribution in [2.75, 3.05) is 13.2 Å². The lowest BCUT2D eigenvalue weighted by Crippen LogP contribution is -2.20. The Balaban J connectivity index is 3.46. The topological polar surface area (TPSA) is 110 Å². The van der Waals surface area contributed by atoms with Gasteiger partial charge in [0, 0.05) is 0 Å². The van der Waals surface area contributed by atoms with E-state index in [1.54, 1.807) is 0 Å². The molecule has 0 aliphatic heterocycles. The summed E-state index contributed by atoms with van der Waals surface area (Å²) in [5, 5.41) is 16.6. The molecule has 10 heavy (non-hydrogen) atoms. The van der Waals surface area contributed by atoms with Crippen LogP contribution < -0.4 is 4.89 Å². The minimum atomic E-state index is -4.75. The van der Waals surface area contributed by atoms with Gasteiger partial charge in [0.15, 0.2) is 0 Å². The first-order valence-electron chi connectivity index (χ1n) is 2.43. The summed E-state index contributed by atoms with van der Waals surface area (Å²) in [5.41, 5.74) is 0. The van der Waals surface area contributed by atoms with E-state index < -0.39 is 27.1 Å². The number of rotatable bonds is 4. The van der Waals surface area contributed by atoms with Gasteiger partial charge in [0.05, 0.1) is 13.2 Å². The van der Waals surface area contributed by atoms with Gasteiger partial charge in [0.2, 0.25) is 0 Å². The molecule has 0 aromatic heterocycles. The first-order valence-corrected chi connectivity index (χ1v) is 3.92. The molecule has 0 fully saturated rings. The molecule has 6 nitrogen and oxygen atoms in total. The first-order chi connectivity index (χ1) is 4.45. The number of phosphoric ester groups is 1. The second-order valence-electron chi connectivity index (χ2n) is 1.60. The predicted octanol–water partition coefficient (Wildman–Crippen LogP) is -2.18. The molecule has 0 amide bonds. The minimum absolute atomic E-state index is 0.611. The quantitative estimate of drug-likeness (QED) is 0.414. The lowest BCUT2D eigenvalue weighted by atomic mass is 10.4. The second kappa shape index (κ2) is 4.02. The molecule has 3 N–H and O–H groups in total. The Bertz CT molecular complexity index is 129. The molecule has 0 radical (unpaired) electrons. The number of phosphoric acid groups is 1. The molecule has 0 spiro atoms. The molecule has 0 rings (SSSR count). The van der Waals surface area contributed by atoms with Gasteiger partial charge >= 0.3 is 0 Å². The van der Waals surface area contributed by atoms with Gasteiger partial charge in [-0.1, -0.05) is 0 Å². The lowest BCUT2D eigenvalue weighted by Gasteiger charge is -2.16. The normalized spacial score (nSPS) is 20.0. The number of aliphatic hydroxyl groups excluding tert-OH is 2. The summed E-state index contributed by atoms with van der Waals surface area (Å²) in [7, 11) is -4.75. The zero-order chi connectivity index (χ0) is 8.20. The van der Waals surface area contributed by atoms with E-state index in [4.69, 9.17) is 15.1 Å². The van der Waals surface area contributed by atoms with Crippen LogP contribution in [0.5, 0.6) is 0 Å². The molecule has 0 saturated heterocycles. The Morgan fingerprint density at radius 2 is 2.20 bits per heavy atom. The van der Waals surface area contributed by atoms with Crippen molar-refractivity contribution in [1.82, 2.24) is 0 Å². The highest BCUT2D eigenvalue weighted by Gasteiger charge is 2.06. The van der Waals surface area contributed by atoms with E-state index in [9.17, 15) is 9.46 Å². The fraction of sp³-hybridized carbons (Fsp3) is 1.00. The summed E-state index contributed by atoms with van der Waals surface area (Å²) in [6.45, 7) is -1.24. The van der Waals surface area contributed by atoms with Gasteiger partial charge in [0.25, 0.3) is 7.82 Å². The zero-order valence-electron chi connectivity index (χ0n) is 5.01. The zero-order valence-corrected chi connectivity index (χ0v) is 5.90. The molecule has 0 heterocycles. The van der Waals surface area contributed by atoms with Gasteiger partial charge in [-0.25, -0.2) is 0 Å². The van der Waals surface area contributed by atoms with Gasteiger partial charge in [-0.2, -0.15) is 0 Å². The van der Waals surface area contributed by atoms with Gasteiger partial charge in [0.1, 0.15) is 6.10 Å². The van der Waals surface area contributed by atoms with Crippen molar-refractivity contribution in [1.29, 1.82) is 0 Å². The molecule has 7 heteroatoms. The number of hydrogen-bond donors (Lipinski definition) is 3. The van der Waals surface area contributed by atoms with Crippen LogP contribution in [0, 0.1) is 0 Å². The highest BCUT2D eigenvalue weighted by molar-refractivity contribution is 7.44. The van der Waals surface area contributed by atoms with Crippen LogP contribution in [0.4, 0.5) is 0 Å². The molecule has 0 aliphatic carbocycles. The molecule has 0 saturated carbocycles. The first kappa shape index (κ1) is 10.0. The average molecular weight is 171 g/mol. The third kappa shape index (κ3) is 6.15. The molecular formula is C3H8O6P-. The van der Waals surface area contributed by atoms with Gasteiger partial charge in [-0.3, -0.25) is 4.57 Å². The summed E-state index contributed by atoms with van der Waals surface area (Å²) in [4.78, 5) is 17.8. The van der Waals surface area contributed by atoms with Crippen LogP contribution in [0.25, 0.3) is 0 Å². The fourth-order valence-corrected chi connectivity index (χ4v) is 0.593. The maximum absolute atomic E-state index is 9.82. The third-order valence-corrected chi connectivity index (χ3v) is 1.12. The molecule has 1 unspecified atom stereocenters. The van der Waals surface area contributed by atoms with E-state index in [-0.39, 0.29) is 0 Å². The number of aliphatic hydroxyl groups is 2. The molecule has 0 aromatic carbocycles. The highest BCUT2D eigenvalue weighted by Crippen LogP contribution is 2.29. The molecule has 0 aromatic rings. The molecule has 2 atom stereocenters. The summed E-state index contributed by atoms with van der Waals surface area (Å²) in [5.74, 6) is 0. The van der Waals surface area contributed by atoms with Crippen LogP contribution in [0.1, 0.15) is 0 Å². The van der Waals surface area contributed by atoms with Crippen molar-refractivity contribution >= 4 is 7.82 Å². The fourth-order valence-electron chi connectivity index (χ4n) is 0.233. The van der Waals surface area contributed by atoms with Gasteiger partial charge < -0.3 is 24.5 Å². The molecule has 0 bridgehead atoms. The van der Waals surface area contributed by atoms with E-state index in [1.807, 2.05) is 0 Å². The number of hydrogen-bond acceptors (Lipinski definition) is 5. The van der Waals surface area contributed by atoms with Crippen molar-refractivity contribution in [3.05, 3.63) is 0 Å². The maximum atomic E-state index is 9.82. The van der Waals surface area contributed by atoms with Crippen LogP contribution >= 0.6 is 7.82 Å². The van der Waals surface area contributed by atoms with Crippen molar-refractivity contribution in [2.45, 2.75) is 6.10 Å². The Labute approximate surface area is 57.3 Å². The Morgan fingerprint density at radius 1 is 1.70 bits per heavy atom. The third-order valence-electron chi connectivity index (χ3n) is 0.641. The van der Waals surface area contributed by atoms with Crippen LogP contribution in [0.2, 0.25) is 0 Å². The second-order valence-corrected chi connectivity index (χ2v) is 2.80. The Morgan fingerprint density at radius 3 is 2.50 bits per heavy atom. The Hall–Kier alpha value is 0.0300. The molecule has 0 aliphatic rings. The predicted molar refractivity (Wildman–Crippen MR) is 28.9 cm³/mol. The summed E-state index contributed by atoms with van der Waals surface area (Å²) >= 11 is 0. The largest absolute Gasteiger partial charge is 0.756 e. The molecular weight excluding hydrogens is 163 g/mol. The van der Waals surface area contributed by atoms with E-state index in [1.165, 1.54) is 0 Å². The minimum Gasteiger partial charge on any atom is -0.756 e. The smallest absolute Gasteiger partial charge is 0.265 e. The van der Waals surface area contributed by atoms with Crippen molar-refractivity contribution in [3.63, 3.8) is 0 Å². The monoisotopic (exact) mass is 171 g/mol. The van der Waals surface area contributed by atoms with Crippen LogP contribution in [0.15, 0.2) is 0 Å². The maximum Gasteiger partial charge on any atom is 0.265 e. The van der Waals surface area contributed by atoms with Crippen molar-refractivity contribution in [2.24, 2.45) is 0 Å². The van der Waals surface area contributed by atoms with Gasteiger partial charge in [-0.15, -0.1) is 0 Å². The van der Waals surface area contributed by atoms with E-state index in [2.05, 4.69) is 4.52 Å². The van der Waals surface area contributed by atoms with E-state index in [0.29, 0.717) is 0 Å². The average Bonchev–Trinajstić information content (AvgIpc) is 1.81. The van der Waals surface area contributed by atoms with Crippen LogP contribution in [-0.2, 0) is 9.09 Å².